The van der Waals surface area contributed by atoms with E-state index in [0.717, 1.165) is 35.3 Å². The topological polar surface area (TPSA) is 60.2 Å². The number of nitrogen functional groups attached to an aromatic ring is 1. The molecule has 4 nitrogen and oxygen atoms in total. The van der Waals surface area contributed by atoms with Crippen LogP contribution in [-0.4, -0.2) is 23.7 Å². The van der Waals surface area contributed by atoms with E-state index in [2.05, 4.69) is 37.1 Å². The van der Waals surface area contributed by atoms with E-state index in [0.29, 0.717) is 12.1 Å². The molecule has 112 valence electrons. The third-order valence-corrected chi connectivity index (χ3v) is 4.68. The van der Waals surface area contributed by atoms with E-state index < -0.39 is 0 Å². The number of nitrogens with zero attached hydrogens (tertiary/aromatic N) is 1. The van der Waals surface area contributed by atoms with Crippen molar-refractivity contribution in [3.63, 3.8) is 0 Å². The Hall–Kier alpha value is -1.81. The Morgan fingerprint density at radius 2 is 2.19 bits per heavy atom. The van der Waals surface area contributed by atoms with Gasteiger partial charge in [-0.15, -0.1) is 0 Å². The van der Waals surface area contributed by atoms with Crippen LogP contribution in [0.2, 0.25) is 0 Å². The maximum Gasteiger partial charge on any atom is 0.0951 e. The molecule has 0 amide bonds. The van der Waals surface area contributed by atoms with E-state index in [1.807, 2.05) is 18.2 Å². The molecule has 2 unspecified atom stereocenters. The molecule has 3 rings (SSSR count). The van der Waals surface area contributed by atoms with Gasteiger partial charge in [0.05, 0.1) is 17.3 Å². The third-order valence-electron chi connectivity index (χ3n) is 4.68. The Kier molecular flexibility index (Phi) is 3.49. The minimum atomic E-state index is 0.131. The Bertz CT molecular complexity index is 654. The van der Waals surface area contributed by atoms with Crippen LogP contribution in [0.25, 0.3) is 10.9 Å². The summed E-state index contributed by atoms with van der Waals surface area (Å²) in [7, 11) is 0. The predicted molar refractivity (Wildman–Crippen MR) is 87.4 cm³/mol. The molecule has 1 saturated carbocycles. The Morgan fingerprint density at radius 1 is 1.38 bits per heavy atom. The van der Waals surface area contributed by atoms with Gasteiger partial charge in [0.25, 0.3) is 0 Å². The van der Waals surface area contributed by atoms with Crippen LogP contribution >= 0.6 is 0 Å². The summed E-state index contributed by atoms with van der Waals surface area (Å²) in [4.78, 5) is 4.38. The summed E-state index contributed by atoms with van der Waals surface area (Å²) in [5.74, 6) is 0. The molecule has 1 aromatic heterocycles. The summed E-state index contributed by atoms with van der Waals surface area (Å²) >= 11 is 0. The van der Waals surface area contributed by atoms with E-state index in [9.17, 15) is 0 Å². The van der Waals surface area contributed by atoms with Gasteiger partial charge in [-0.1, -0.05) is 13.8 Å². The first-order chi connectivity index (χ1) is 10.0. The summed E-state index contributed by atoms with van der Waals surface area (Å²) in [5, 5.41) is 4.73. The average molecular weight is 285 g/mol. The summed E-state index contributed by atoms with van der Waals surface area (Å²) in [6, 6.07) is 8.38. The van der Waals surface area contributed by atoms with Crippen molar-refractivity contribution in [1.82, 2.24) is 4.98 Å². The highest BCUT2D eigenvalue weighted by molar-refractivity contribution is 5.98. The third kappa shape index (κ3) is 2.33. The molecule has 4 heteroatoms. The van der Waals surface area contributed by atoms with Crippen molar-refractivity contribution in [3.8, 4) is 0 Å². The van der Waals surface area contributed by atoms with E-state index in [-0.39, 0.29) is 5.41 Å². The van der Waals surface area contributed by atoms with Gasteiger partial charge < -0.3 is 15.8 Å². The minimum absolute atomic E-state index is 0.131. The molecular formula is C17H23N3O. The van der Waals surface area contributed by atoms with Crippen LogP contribution < -0.4 is 11.1 Å². The van der Waals surface area contributed by atoms with Gasteiger partial charge in [0, 0.05) is 35.3 Å². The summed E-state index contributed by atoms with van der Waals surface area (Å²) < 4.78 is 5.80. The van der Waals surface area contributed by atoms with E-state index >= 15 is 0 Å². The van der Waals surface area contributed by atoms with Gasteiger partial charge in [-0.2, -0.15) is 0 Å². The number of ether oxygens (including phenoxy) is 1. The second kappa shape index (κ2) is 5.19. The Labute approximate surface area is 125 Å². The van der Waals surface area contributed by atoms with Crippen LogP contribution in [0.3, 0.4) is 0 Å². The number of hydrogen-bond donors (Lipinski definition) is 2. The smallest absolute Gasteiger partial charge is 0.0951 e. The minimum Gasteiger partial charge on any atom is -0.397 e. The van der Waals surface area contributed by atoms with Crippen molar-refractivity contribution in [2.75, 3.05) is 17.7 Å². The zero-order chi connectivity index (χ0) is 15.0. The first-order valence-corrected chi connectivity index (χ1v) is 7.55. The molecular weight excluding hydrogens is 262 g/mol. The van der Waals surface area contributed by atoms with E-state index in [4.69, 9.17) is 10.5 Å². The second-order valence-corrected chi connectivity index (χ2v) is 6.30. The maximum absolute atomic E-state index is 6.01. The molecule has 1 heterocycles. The van der Waals surface area contributed by atoms with E-state index in [1.165, 1.54) is 0 Å². The highest BCUT2D eigenvalue weighted by Crippen LogP contribution is 2.45. The van der Waals surface area contributed by atoms with Gasteiger partial charge in [-0.05, 0) is 37.6 Å². The lowest BCUT2D eigenvalue weighted by Gasteiger charge is -2.52. The molecule has 0 saturated heterocycles. The largest absolute Gasteiger partial charge is 0.397 e. The van der Waals surface area contributed by atoms with Gasteiger partial charge in [0.15, 0.2) is 0 Å². The SMILES string of the molecule is CCOC1CC(Nc2ccc(N)c3ncccc23)C1(C)C. The fourth-order valence-corrected chi connectivity index (χ4v) is 3.12. The zero-order valence-corrected chi connectivity index (χ0v) is 12.9. The molecule has 21 heavy (non-hydrogen) atoms. The molecule has 3 N–H and O–H groups in total. The lowest BCUT2D eigenvalue weighted by atomic mass is 9.64. The number of benzene rings is 1. The van der Waals surface area contributed by atoms with Gasteiger partial charge >= 0.3 is 0 Å². The lowest BCUT2D eigenvalue weighted by Crippen LogP contribution is -2.58. The highest BCUT2D eigenvalue weighted by Gasteiger charge is 2.48. The summed E-state index contributed by atoms with van der Waals surface area (Å²) in [6.07, 6.45) is 3.14. The van der Waals surface area contributed by atoms with Crippen molar-refractivity contribution in [2.24, 2.45) is 5.41 Å². The molecule has 0 radical (unpaired) electrons. The lowest BCUT2D eigenvalue weighted by molar-refractivity contribution is -0.0975. The fraction of sp³-hybridized carbons (Fsp3) is 0.471. The predicted octanol–water partition coefficient (Wildman–Crippen LogP) is 3.43. The van der Waals surface area contributed by atoms with Crippen molar-refractivity contribution >= 4 is 22.3 Å². The molecule has 0 spiro atoms. The molecule has 2 atom stereocenters. The summed E-state index contributed by atoms with van der Waals surface area (Å²) in [5.41, 5.74) is 8.82. The number of anilines is 2. The standard InChI is InChI=1S/C17H23N3O/c1-4-21-15-10-14(17(15,2)3)20-13-8-7-12(18)16-11(13)6-5-9-19-16/h5-9,14-15,20H,4,10,18H2,1-3H3. The van der Waals surface area contributed by atoms with Gasteiger partial charge in [0.1, 0.15) is 0 Å². The number of nitrogens with one attached hydrogen (secondary N) is 1. The Morgan fingerprint density at radius 3 is 2.90 bits per heavy atom. The van der Waals surface area contributed by atoms with Gasteiger partial charge in [-0.3, -0.25) is 4.98 Å². The maximum atomic E-state index is 6.01. The number of pyridine rings is 1. The van der Waals surface area contributed by atoms with Gasteiger partial charge in [0.2, 0.25) is 0 Å². The van der Waals surface area contributed by atoms with Crippen LogP contribution in [0.15, 0.2) is 30.5 Å². The number of fused-ring (bicyclic) bond motifs is 1. The van der Waals surface area contributed by atoms with Crippen LogP contribution in [0, 0.1) is 5.41 Å². The van der Waals surface area contributed by atoms with Crippen LogP contribution in [-0.2, 0) is 4.74 Å². The molecule has 2 aromatic rings. The number of hydrogen-bond acceptors (Lipinski definition) is 4. The van der Waals surface area contributed by atoms with Crippen molar-refractivity contribution < 1.29 is 4.74 Å². The van der Waals surface area contributed by atoms with Crippen LogP contribution in [0.1, 0.15) is 27.2 Å². The first-order valence-electron chi connectivity index (χ1n) is 7.55. The average Bonchev–Trinajstić information content (AvgIpc) is 2.49. The molecule has 0 aliphatic heterocycles. The fourth-order valence-electron chi connectivity index (χ4n) is 3.12. The number of aromatic nitrogens is 1. The number of rotatable bonds is 4. The van der Waals surface area contributed by atoms with Gasteiger partial charge in [-0.25, -0.2) is 0 Å². The number of nitrogens with two attached hydrogens (primary N) is 1. The monoisotopic (exact) mass is 285 g/mol. The Balaban J connectivity index is 1.85. The second-order valence-electron chi connectivity index (χ2n) is 6.30. The van der Waals surface area contributed by atoms with Crippen molar-refractivity contribution in [2.45, 2.75) is 39.3 Å². The van der Waals surface area contributed by atoms with Crippen molar-refractivity contribution in [1.29, 1.82) is 0 Å². The first kappa shape index (κ1) is 14.1. The molecule has 1 aliphatic carbocycles. The summed E-state index contributed by atoms with van der Waals surface area (Å²) in [6.45, 7) is 7.34. The van der Waals surface area contributed by atoms with Crippen molar-refractivity contribution in [3.05, 3.63) is 30.5 Å². The highest BCUT2D eigenvalue weighted by atomic mass is 16.5. The molecule has 0 bridgehead atoms. The zero-order valence-electron chi connectivity index (χ0n) is 12.9. The van der Waals surface area contributed by atoms with E-state index in [1.54, 1.807) is 6.20 Å². The normalized spacial score (nSPS) is 23.8. The van der Waals surface area contributed by atoms with Crippen LogP contribution in [0.4, 0.5) is 11.4 Å². The molecule has 1 fully saturated rings. The molecule has 1 aromatic carbocycles. The molecule has 1 aliphatic rings. The quantitative estimate of drug-likeness (QED) is 0.845. The van der Waals surface area contributed by atoms with Crippen LogP contribution in [0.5, 0.6) is 0 Å².